The van der Waals surface area contributed by atoms with Crippen molar-refractivity contribution < 1.29 is 14.7 Å². The molecular formula is C15H18N2O3. The highest BCUT2D eigenvalue weighted by Crippen LogP contribution is 2.29. The normalized spacial score (nSPS) is 18.4. The van der Waals surface area contributed by atoms with Gasteiger partial charge >= 0.3 is 5.97 Å². The summed E-state index contributed by atoms with van der Waals surface area (Å²) in [5.74, 6) is -0.983. The van der Waals surface area contributed by atoms with Crippen molar-refractivity contribution in [3.05, 3.63) is 35.9 Å². The third-order valence-corrected chi connectivity index (χ3v) is 3.45. The van der Waals surface area contributed by atoms with E-state index in [4.69, 9.17) is 5.11 Å². The zero-order valence-corrected chi connectivity index (χ0v) is 11.4. The topological polar surface area (TPSA) is 69.6 Å². The maximum Gasteiger partial charge on any atom is 0.328 e. The summed E-state index contributed by atoms with van der Waals surface area (Å²) in [5, 5.41) is 11.4. The van der Waals surface area contributed by atoms with Crippen LogP contribution in [0.2, 0.25) is 0 Å². The number of para-hydroxylation sites is 1. The highest BCUT2D eigenvalue weighted by atomic mass is 16.4. The van der Waals surface area contributed by atoms with E-state index in [0.29, 0.717) is 0 Å². The molecule has 1 heterocycles. The first-order chi connectivity index (χ1) is 9.63. The Kier molecular flexibility index (Phi) is 4.40. The molecular weight excluding hydrogens is 256 g/mol. The van der Waals surface area contributed by atoms with Gasteiger partial charge < -0.3 is 15.3 Å². The molecule has 0 saturated carbocycles. The minimum absolute atomic E-state index is 0.000447. The van der Waals surface area contributed by atoms with Crippen LogP contribution >= 0.6 is 0 Å². The predicted octanol–water partition coefficient (Wildman–Crippen LogP) is 1.50. The second kappa shape index (κ2) is 6.23. The minimum Gasteiger partial charge on any atom is -0.478 e. The molecule has 2 rings (SSSR count). The number of nitrogens with zero attached hydrogens (tertiary/aromatic N) is 1. The van der Waals surface area contributed by atoms with Crippen LogP contribution in [0.4, 0.5) is 5.69 Å². The molecule has 5 heteroatoms. The van der Waals surface area contributed by atoms with Gasteiger partial charge in [0.05, 0.1) is 0 Å². The Morgan fingerprint density at radius 1 is 1.40 bits per heavy atom. The first-order valence-electron chi connectivity index (χ1n) is 6.61. The van der Waals surface area contributed by atoms with Gasteiger partial charge in [0.1, 0.15) is 6.04 Å². The predicted molar refractivity (Wildman–Crippen MR) is 77.5 cm³/mol. The first-order valence-corrected chi connectivity index (χ1v) is 6.61. The second-order valence-corrected chi connectivity index (χ2v) is 4.70. The summed E-state index contributed by atoms with van der Waals surface area (Å²) in [4.78, 5) is 24.6. The van der Waals surface area contributed by atoms with Crippen molar-refractivity contribution in [1.82, 2.24) is 5.32 Å². The molecule has 0 aromatic heterocycles. The Hall–Kier alpha value is -2.30. The standard InChI is InChI=1S/C15H18N2O3/c1-16-15(20)13-7-4-10-17(13)12-6-3-2-5-11(12)8-9-14(18)19/h2-3,5-6,8-9,13H,4,7,10H2,1H3,(H,16,20)(H,18,19). The van der Waals surface area contributed by atoms with Crippen molar-refractivity contribution in [2.75, 3.05) is 18.5 Å². The number of carbonyl (C=O) groups is 2. The van der Waals surface area contributed by atoms with Gasteiger partial charge in [0, 0.05) is 25.4 Å². The van der Waals surface area contributed by atoms with Crippen LogP contribution < -0.4 is 10.2 Å². The average Bonchev–Trinajstić information content (AvgIpc) is 2.93. The number of carboxylic acid groups (broad SMARTS) is 1. The molecule has 1 atom stereocenters. The van der Waals surface area contributed by atoms with E-state index >= 15 is 0 Å². The van der Waals surface area contributed by atoms with Crippen LogP contribution in [0.25, 0.3) is 6.08 Å². The molecule has 1 saturated heterocycles. The Labute approximate surface area is 117 Å². The number of aliphatic carboxylic acids is 1. The largest absolute Gasteiger partial charge is 0.478 e. The highest BCUT2D eigenvalue weighted by molar-refractivity contribution is 5.89. The summed E-state index contributed by atoms with van der Waals surface area (Å²) < 4.78 is 0. The van der Waals surface area contributed by atoms with Gasteiger partial charge in [0.25, 0.3) is 0 Å². The molecule has 20 heavy (non-hydrogen) atoms. The van der Waals surface area contributed by atoms with Crippen LogP contribution in [-0.4, -0.2) is 36.6 Å². The van der Waals surface area contributed by atoms with Crippen LogP contribution in [-0.2, 0) is 9.59 Å². The maximum absolute atomic E-state index is 11.9. The SMILES string of the molecule is CNC(=O)C1CCCN1c1ccccc1C=CC(=O)O. The molecule has 1 fully saturated rings. The summed E-state index contributed by atoms with van der Waals surface area (Å²) >= 11 is 0. The molecule has 1 aliphatic rings. The highest BCUT2D eigenvalue weighted by Gasteiger charge is 2.30. The zero-order chi connectivity index (χ0) is 14.5. The monoisotopic (exact) mass is 274 g/mol. The molecule has 1 unspecified atom stereocenters. The molecule has 106 valence electrons. The van der Waals surface area contributed by atoms with Crippen molar-refractivity contribution in [2.45, 2.75) is 18.9 Å². The maximum atomic E-state index is 11.9. The molecule has 0 aliphatic carbocycles. The van der Waals surface area contributed by atoms with Gasteiger partial charge in [-0.05, 0) is 30.5 Å². The molecule has 5 nitrogen and oxygen atoms in total. The summed E-state index contributed by atoms with van der Waals surface area (Å²) in [7, 11) is 1.63. The van der Waals surface area contributed by atoms with Crippen molar-refractivity contribution in [3.63, 3.8) is 0 Å². The third-order valence-electron chi connectivity index (χ3n) is 3.45. The molecule has 1 amide bonds. The number of benzene rings is 1. The lowest BCUT2D eigenvalue weighted by Gasteiger charge is -2.27. The Balaban J connectivity index is 2.32. The van der Waals surface area contributed by atoms with Crippen molar-refractivity contribution >= 4 is 23.6 Å². The van der Waals surface area contributed by atoms with E-state index in [1.165, 1.54) is 0 Å². The Morgan fingerprint density at radius 2 is 2.15 bits per heavy atom. The van der Waals surface area contributed by atoms with E-state index in [-0.39, 0.29) is 11.9 Å². The van der Waals surface area contributed by atoms with Crippen LogP contribution in [0.3, 0.4) is 0 Å². The molecule has 0 spiro atoms. The number of hydrogen-bond acceptors (Lipinski definition) is 3. The van der Waals surface area contributed by atoms with Gasteiger partial charge in [-0.2, -0.15) is 0 Å². The van der Waals surface area contributed by atoms with Crippen LogP contribution in [0.5, 0.6) is 0 Å². The van der Waals surface area contributed by atoms with E-state index < -0.39 is 5.97 Å². The molecule has 0 radical (unpaired) electrons. The number of rotatable bonds is 4. The third kappa shape index (κ3) is 2.99. The lowest BCUT2D eigenvalue weighted by molar-refractivity contribution is -0.131. The number of hydrogen-bond donors (Lipinski definition) is 2. The Morgan fingerprint density at radius 3 is 2.85 bits per heavy atom. The lowest BCUT2D eigenvalue weighted by atomic mass is 10.1. The molecule has 1 aromatic carbocycles. The number of carbonyl (C=O) groups excluding carboxylic acids is 1. The van der Waals surface area contributed by atoms with E-state index in [1.807, 2.05) is 29.2 Å². The van der Waals surface area contributed by atoms with Crippen LogP contribution in [0, 0.1) is 0 Å². The number of carboxylic acids is 1. The summed E-state index contributed by atoms with van der Waals surface area (Å²) in [6.45, 7) is 0.802. The summed E-state index contributed by atoms with van der Waals surface area (Å²) in [5.41, 5.74) is 1.71. The number of likely N-dealkylation sites (N-methyl/N-ethyl adjacent to an activating group) is 1. The molecule has 2 N–H and O–H groups in total. The van der Waals surface area contributed by atoms with Crippen molar-refractivity contribution in [3.8, 4) is 0 Å². The van der Waals surface area contributed by atoms with E-state index in [2.05, 4.69) is 5.32 Å². The van der Waals surface area contributed by atoms with Crippen molar-refractivity contribution in [1.29, 1.82) is 0 Å². The second-order valence-electron chi connectivity index (χ2n) is 4.70. The average molecular weight is 274 g/mol. The van der Waals surface area contributed by atoms with Gasteiger partial charge in [0.2, 0.25) is 5.91 Å². The molecule has 0 bridgehead atoms. The summed E-state index contributed by atoms with van der Waals surface area (Å²) in [6.07, 6.45) is 4.45. The fraction of sp³-hybridized carbons (Fsp3) is 0.333. The van der Waals surface area contributed by atoms with Crippen LogP contribution in [0.15, 0.2) is 30.3 Å². The number of amides is 1. The minimum atomic E-state index is -0.982. The van der Waals surface area contributed by atoms with E-state index in [1.54, 1.807) is 13.1 Å². The van der Waals surface area contributed by atoms with Crippen molar-refractivity contribution in [2.24, 2.45) is 0 Å². The zero-order valence-electron chi connectivity index (χ0n) is 11.4. The molecule has 1 aliphatic heterocycles. The van der Waals surface area contributed by atoms with Gasteiger partial charge in [0.15, 0.2) is 0 Å². The van der Waals surface area contributed by atoms with Gasteiger partial charge in [-0.25, -0.2) is 4.79 Å². The molecule has 1 aromatic rings. The Bertz CT molecular complexity index is 540. The fourth-order valence-electron chi connectivity index (χ4n) is 2.55. The number of nitrogens with one attached hydrogen (secondary N) is 1. The van der Waals surface area contributed by atoms with Gasteiger partial charge in [-0.1, -0.05) is 18.2 Å². The first kappa shape index (κ1) is 14.1. The lowest BCUT2D eigenvalue weighted by Crippen LogP contribution is -2.42. The van der Waals surface area contributed by atoms with E-state index in [0.717, 1.165) is 36.7 Å². The fourth-order valence-corrected chi connectivity index (χ4v) is 2.55. The van der Waals surface area contributed by atoms with Gasteiger partial charge in [-0.15, -0.1) is 0 Å². The smallest absolute Gasteiger partial charge is 0.328 e. The quantitative estimate of drug-likeness (QED) is 0.816. The van der Waals surface area contributed by atoms with E-state index in [9.17, 15) is 9.59 Å². The number of anilines is 1. The van der Waals surface area contributed by atoms with Gasteiger partial charge in [-0.3, -0.25) is 4.79 Å². The summed E-state index contributed by atoms with van der Waals surface area (Å²) in [6, 6.07) is 7.35. The van der Waals surface area contributed by atoms with Crippen LogP contribution in [0.1, 0.15) is 18.4 Å².